The first kappa shape index (κ1) is 14.9. The van der Waals surface area contributed by atoms with Gasteiger partial charge in [-0.15, -0.1) is 0 Å². The Kier molecular flexibility index (Phi) is 4.73. The minimum atomic E-state index is -0.653. The van der Waals surface area contributed by atoms with Crippen molar-refractivity contribution in [3.63, 3.8) is 0 Å². The molecule has 1 atom stereocenters. The van der Waals surface area contributed by atoms with E-state index in [-0.39, 0.29) is 5.91 Å². The third-order valence-corrected chi connectivity index (χ3v) is 3.71. The van der Waals surface area contributed by atoms with Crippen LogP contribution in [-0.4, -0.2) is 47.5 Å². The summed E-state index contributed by atoms with van der Waals surface area (Å²) in [4.78, 5) is 18.2. The monoisotopic (exact) mass is 276 g/mol. The molecule has 1 aliphatic rings. The lowest BCUT2D eigenvalue weighted by atomic mass is 10.0. The summed E-state index contributed by atoms with van der Waals surface area (Å²) in [5, 5.41) is 3.36. The summed E-state index contributed by atoms with van der Waals surface area (Å²) in [6, 6.07) is 6.38. The van der Waals surface area contributed by atoms with Crippen LogP contribution in [-0.2, 0) is 11.2 Å². The number of carbonyl (C=O) groups excluding carboxylic acids is 1. The summed E-state index contributed by atoms with van der Waals surface area (Å²) in [7, 11) is 2.01. The highest BCUT2D eigenvalue weighted by Crippen LogP contribution is 2.22. The van der Waals surface area contributed by atoms with Gasteiger partial charge in [-0.05, 0) is 38.9 Å². The van der Waals surface area contributed by atoms with E-state index >= 15 is 0 Å². The second kappa shape index (κ2) is 6.33. The molecule has 1 aromatic heterocycles. The Morgan fingerprint density at radius 2 is 2.30 bits per heavy atom. The van der Waals surface area contributed by atoms with Crippen LogP contribution < -0.4 is 11.1 Å². The molecule has 1 heterocycles. The zero-order valence-electron chi connectivity index (χ0n) is 12.3. The quantitative estimate of drug-likeness (QED) is 0.727. The molecule has 1 amide bonds. The fourth-order valence-corrected chi connectivity index (χ4v) is 2.34. The Bertz CT molecular complexity index is 446. The van der Waals surface area contributed by atoms with Gasteiger partial charge >= 0.3 is 0 Å². The van der Waals surface area contributed by atoms with E-state index < -0.39 is 5.54 Å². The molecule has 1 unspecified atom stereocenters. The Hall–Kier alpha value is -1.46. The normalized spacial score (nSPS) is 17.9. The Labute approximate surface area is 120 Å². The van der Waals surface area contributed by atoms with Gasteiger partial charge in [0.05, 0.1) is 0 Å². The maximum Gasteiger partial charge on any atom is 0.238 e. The van der Waals surface area contributed by atoms with Gasteiger partial charge in [-0.25, -0.2) is 0 Å². The van der Waals surface area contributed by atoms with E-state index in [4.69, 9.17) is 5.73 Å². The average Bonchev–Trinajstić information content (AvgIpc) is 3.21. The van der Waals surface area contributed by atoms with Crippen molar-refractivity contribution < 1.29 is 4.79 Å². The second-order valence-corrected chi connectivity index (χ2v) is 5.92. The van der Waals surface area contributed by atoms with Gasteiger partial charge in [0.1, 0.15) is 5.54 Å². The molecule has 5 heteroatoms. The predicted octanol–water partition coefficient (Wildman–Crippen LogP) is 0.552. The van der Waals surface area contributed by atoms with Crippen LogP contribution in [0.5, 0.6) is 0 Å². The highest BCUT2D eigenvalue weighted by Gasteiger charge is 2.37. The third kappa shape index (κ3) is 4.28. The number of rotatable bonds is 8. The lowest BCUT2D eigenvalue weighted by Crippen LogP contribution is -2.59. The molecule has 0 aliphatic heterocycles. The number of amides is 1. The zero-order valence-corrected chi connectivity index (χ0v) is 12.3. The summed E-state index contributed by atoms with van der Waals surface area (Å²) >= 11 is 0. The highest BCUT2D eigenvalue weighted by molar-refractivity contribution is 5.84. The second-order valence-electron chi connectivity index (χ2n) is 5.92. The number of likely N-dealkylation sites (N-methyl/N-ethyl adjacent to an activating group) is 1. The van der Waals surface area contributed by atoms with Gasteiger partial charge in [-0.1, -0.05) is 6.07 Å². The highest BCUT2D eigenvalue weighted by atomic mass is 16.1. The first-order valence-electron chi connectivity index (χ1n) is 7.16. The van der Waals surface area contributed by atoms with E-state index in [0.717, 1.165) is 31.5 Å². The third-order valence-electron chi connectivity index (χ3n) is 3.71. The lowest BCUT2D eigenvalue weighted by molar-refractivity contribution is -0.124. The van der Waals surface area contributed by atoms with Gasteiger partial charge in [-0.2, -0.15) is 0 Å². The van der Waals surface area contributed by atoms with Gasteiger partial charge < -0.3 is 10.6 Å². The number of nitrogens with two attached hydrogens (primary N) is 1. The Morgan fingerprint density at radius 3 is 2.85 bits per heavy atom. The van der Waals surface area contributed by atoms with Crippen LogP contribution in [0.3, 0.4) is 0 Å². The first-order chi connectivity index (χ1) is 9.49. The number of nitrogens with zero attached hydrogens (tertiary/aromatic N) is 2. The average molecular weight is 276 g/mol. The fraction of sp³-hybridized carbons (Fsp3) is 0.600. The minimum Gasteiger partial charge on any atom is -0.368 e. The Morgan fingerprint density at radius 1 is 1.55 bits per heavy atom. The van der Waals surface area contributed by atoms with Crippen molar-refractivity contribution in [2.24, 2.45) is 5.73 Å². The van der Waals surface area contributed by atoms with Gasteiger partial charge in [0, 0.05) is 37.4 Å². The molecule has 0 aromatic carbocycles. The van der Waals surface area contributed by atoms with Crippen molar-refractivity contribution in [2.45, 2.75) is 37.8 Å². The molecular formula is C15H24N4O. The van der Waals surface area contributed by atoms with E-state index in [1.807, 2.05) is 32.2 Å². The van der Waals surface area contributed by atoms with Gasteiger partial charge in [-0.3, -0.25) is 15.1 Å². The number of nitrogens with one attached hydrogen (secondary N) is 1. The molecule has 1 aromatic rings. The molecule has 3 N–H and O–H groups in total. The van der Waals surface area contributed by atoms with Crippen LogP contribution in [0.25, 0.3) is 0 Å². The van der Waals surface area contributed by atoms with Crippen molar-refractivity contribution >= 4 is 5.91 Å². The van der Waals surface area contributed by atoms with Crippen LogP contribution in [0.2, 0.25) is 0 Å². The van der Waals surface area contributed by atoms with Gasteiger partial charge in [0.15, 0.2) is 0 Å². The molecule has 0 spiro atoms. The SMILES string of the molecule is CN(CCc1ccccn1)CC(C)(NC1CC1)C(N)=O. The molecular weight excluding hydrogens is 252 g/mol. The van der Waals surface area contributed by atoms with E-state index in [9.17, 15) is 4.79 Å². The van der Waals surface area contributed by atoms with Crippen LogP contribution >= 0.6 is 0 Å². The van der Waals surface area contributed by atoms with Gasteiger partial charge in [0.2, 0.25) is 5.91 Å². The Balaban J connectivity index is 1.84. The van der Waals surface area contributed by atoms with Crippen molar-refractivity contribution in [1.82, 2.24) is 15.2 Å². The first-order valence-corrected chi connectivity index (χ1v) is 7.16. The van der Waals surface area contributed by atoms with Crippen LogP contribution in [0.15, 0.2) is 24.4 Å². The van der Waals surface area contributed by atoms with Crippen molar-refractivity contribution in [3.05, 3.63) is 30.1 Å². The summed E-state index contributed by atoms with van der Waals surface area (Å²) in [5.41, 5.74) is 5.97. The topological polar surface area (TPSA) is 71.2 Å². The molecule has 2 rings (SSSR count). The molecule has 1 saturated carbocycles. The molecule has 0 saturated heterocycles. The number of carbonyl (C=O) groups is 1. The van der Waals surface area contributed by atoms with E-state index in [0.29, 0.717) is 12.6 Å². The molecule has 0 bridgehead atoms. The van der Waals surface area contributed by atoms with Crippen molar-refractivity contribution in [1.29, 1.82) is 0 Å². The zero-order chi connectivity index (χ0) is 14.6. The maximum atomic E-state index is 11.7. The van der Waals surface area contributed by atoms with E-state index in [1.165, 1.54) is 0 Å². The predicted molar refractivity (Wildman–Crippen MR) is 79.2 cm³/mol. The summed E-state index contributed by atoms with van der Waals surface area (Å²) in [5.74, 6) is -0.283. The maximum absolute atomic E-state index is 11.7. The van der Waals surface area contributed by atoms with Crippen molar-refractivity contribution in [2.75, 3.05) is 20.1 Å². The van der Waals surface area contributed by atoms with Crippen LogP contribution in [0.4, 0.5) is 0 Å². The van der Waals surface area contributed by atoms with Crippen LogP contribution in [0, 0.1) is 0 Å². The van der Waals surface area contributed by atoms with Crippen LogP contribution in [0.1, 0.15) is 25.5 Å². The molecule has 0 radical (unpaired) electrons. The number of hydrogen-bond donors (Lipinski definition) is 2. The largest absolute Gasteiger partial charge is 0.368 e. The van der Waals surface area contributed by atoms with E-state index in [1.54, 1.807) is 6.20 Å². The number of primary amides is 1. The standard InChI is InChI=1S/C15H24N4O/c1-15(14(16)20,18-13-6-7-13)11-19(2)10-8-12-5-3-4-9-17-12/h3-5,9,13,18H,6-8,10-11H2,1-2H3,(H2,16,20). The fourth-order valence-electron chi connectivity index (χ4n) is 2.34. The van der Waals surface area contributed by atoms with Gasteiger partial charge in [0.25, 0.3) is 0 Å². The summed E-state index contributed by atoms with van der Waals surface area (Å²) < 4.78 is 0. The molecule has 20 heavy (non-hydrogen) atoms. The molecule has 5 nitrogen and oxygen atoms in total. The molecule has 1 aliphatic carbocycles. The summed E-state index contributed by atoms with van der Waals surface area (Å²) in [6.07, 6.45) is 4.95. The minimum absolute atomic E-state index is 0.283. The molecule has 1 fully saturated rings. The number of pyridine rings is 1. The number of aromatic nitrogens is 1. The summed E-state index contributed by atoms with van der Waals surface area (Å²) in [6.45, 7) is 3.36. The molecule has 110 valence electrons. The number of hydrogen-bond acceptors (Lipinski definition) is 4. The smallest absolute Gasteiger partial charge is 0.238 e. The lowest BCUT2D eigenvalue weighted by Gasteiger charge is -2.32. The van der Waals surface area contributed by atoms with Crippen molar-refractivity contribution in [3.8, 4) is 0 Å². The van der Waals surface area contributed by atoms with E-state index in [2.05, 4.69) is 15.2 Å².